The standard InChI is InChI=1S/C23H25ClFN3OS/c1-13(21(29)27-17-6-7-19(25)18(24)11-17)30-22-15(12-26)9-14-10-16(23(2,3)4)5-8-20(14)28-22/h6-7,9,11,13,16H,5,8,10H2,1-4H3,(H,27,29). The lowest BCUT2D eigenvalue weighted by molar-refractivity contribution is -0.115. The van der Waals surface area contributed by atoms with Crippen molar-refractivity contribution in [1.82, 2.24) is 4.98 Å². The summed E-state index contributed by atoms with van der Waals surface area (Å²) >= 11 is 7.03. The van der Waals surface area contributed by atoms with Gasteiger partial charge in [-0.25, -0.2) is 9.37 Å². The van der Waals surface area contributed by atoms with E-state index in [4.69, 9.17) is 16.6 Å². The van der Waals surface area contributed by atoms with Gasteiger partial charge in [-0.05, 0) is 67.3 Å². The fraction of sp³-hybridized carbons (Fsp3) is 0.435. The van der Waals surface area contributed by atoms with Crippen molar-refractivity contribution >= 4 is 35.0 Å². The second-order valence-corrected chi connectivity index (χ2v) is 10.5. The maximum atomic E-state index is 13.3. The van der Waals surface area contributed by atoms with Gasteiger partial charge in [0.25, 0.3) is 0 Å². The third kappa shape index (κ3) is 5.14. The first-order valence-corrected chi connectivity index (χ1v) is 11.2. The highest BCUT2D eigenvalue weighted by molar-refractivity contribution is 8.00. The lowest BCUT2D eigenvalue weighted by Crippen LogP contribution is -2.27. The summed E-state index contributed by atoms with van der Waals surface area (Å²) in [6.45, 7) is 8.50. The quantitative estimate of drug-likeness (QED) is 0.584. The molecule has 2 unspecified atom stereocenters. The van der Waals surface area contributed by atoms with Gasteiger partial charge in [-0.2, -0.15) is 5.26 Å². The predicted octanol–water partition coefficient (Wildman–Crippen LogP) is 6.02. The maximum absolute atomic E-state index is 13.3. The molecule has 1 aliphatic rings. The molecular formula is C23H25ClFN3OS. The van der Waals surface area contributed by atoms with Crippen molar-refractivity contribution in [2.24, 2.45) is 11.3 Å². The molecule has 2 atom stereocenters. The summed E-state index contributed by atoms with van der Waals surface area (Å²) in [5, 5.41) is 12.4. The number of amides is 1. The smallest absolute Gasteiger partial charge is 0.237 e. The van der Waals surface area contributed by atoms with Gasteiger partial charge in [0, 0.05) is 11.4 Å². The van der Waals surface area contributed by atoms with Crippen LogP contribution in [0, 0.1) is 28.5 Å². The highest BCUT2D eigenvalue weighted by Gasteiger charge is 2.30. The largest absolute Gasteiger partial charge is 0.325 e. The lowest BCUT2D eigenvalue weighted by Gasteiger charge is -2.34. The number of aromatic nitrogens is 1. The molecule has 1 amide bonds. The molecular weight excluding hydrogens is 421 g/mol. The molecule has 1 aliphatic carbocycles. The molecule has 0 saturated carbocycles. The molecule has 1 aromatic carbocycles. The van der Waals surface area contributed by atoms with E-state index in [0.717, 1.165) is 30.5 Å². The molecule has 0 radical (unpaired) electrons. The number of pyridine rings is 1. The first kappa shape index (κ1) is 22.6. The summed E-state index contributed by atoms with van der Waals surface area (Å²) < 4.78 is 13.3. The number of aryl methyl sites for hydroxylation is 1. The van der Waals surface area contributed by atoms with Crippen molar-refractivity contribution in [3.63, 3.8) is 0 Å². The number of carbonyl (C=O) groups excluding carboxylic acids is 1. The summed E-state index contributed by atoms with van der Waals surface area (Å²) in [7, 11) is 0. The van der Waals surface area contributed by atoms with Crippen molar-refractivity contribution in [1.29, 1.82) is 5.26 Å². The third-order valence-electron chi connectivity index (χ3n) is 5.54. The number of benzene rings is 1. The Morgan fingerprint density at radius 2 is 2.13 bits per heavy atom. The Labute approximate surface area is 186 Å². The highest BCUT2D eigenvalue weighted by Crippen LogP contribution is 2.38. The number of rotatable bonds is 4. The van der Waals surface area contributed by atoms with Crippen LogP contribution in [0.25, 0.3) is 0 Å². The minimum Gasteiger partial charge on any atom is -0.325 e. The van der Waals surface area contributed by atoms with Gasteiger partial charge < -0.3 is 5.32 Å². The molecule has 0 aliphatic heterocycles. The van der Waals surface area contributed by atoms with E-state index in [1.807, 2.05) is 6.07 Å². The van der Waals surface area contributed by atoms with Crippen LogP contribution >= 0.6 is 23.4 Å². The fourth-order valence-electron chi connectivity index (χ4n) is 3.59. The van der Waals surface area contributed by atoms with E-state index in [9.17, 15) is 14.4 Å². The minimum absolute atomic E-state index is 0.0511. The van der Waals surface area contributed by atoms with Gasteiger partial charge >= 0.3 is 0 Å². The van der Waals surface area contributed by atoms with Crippen LogP contribution in [-0.4, -0.2) is 16.1 Å². The Balaban J connectivity index is 1.75. The van der Waals surface area contributed by atoms with Gasteiger partial charge in [-0.15, -0.1) is 0 Å². The first-order valence-electron chi connectivity index (χ1n) is 9.94. The molecule has 158 valence electrons. The zero-order valence-corrected chi connectivity index (χ0v) is 19.1. The number of carbonyl (C=O) groups is 1. The molecule has 30 heavy (non-hydrogen) atoms. The van der Waals surface area contributed by atoms with Crippen LogP contribution in [0.4, 0.5) is 10.1 Å². The number of fused-ring (bicyclic) bond motifs is 1. The lowest BCUT2D eigenvalue weighted by atomic mass is 9.71. The number of halogens is 2. The van der Waals surface area contributed by atoms with E-state index in [1.165, 1.54) is 30.0 Å². The average Bonchev–Trinajstić information content (AvgIpc) is 2.69. The van der Waals surface area contributed by atoms with Crippen LogP contribution in [0.3, 0.4) is 0 Å². The predicted molar refractivity (Wildman–Crippen MR) is 119 cm³/mol. The Hall–Kier alpha value is -2.10. The van der Waals surface area contributed by atoms with Crippen molar-refractivity contribution < 1.29 is 9.18 Å². The molecule has 0 fully saturated rings. The summed E-state index contributed by atoms with van der Waals surface area (Å²) in [5.41, 5.74) is 3.30. The molecule has 4 nitrogen and oxygen atoms in total. The minimum atomic E-state index is -0.539. The molecule has 1 aromatic heterocycles. The number of nitriles is 1. The number of thioether (sulfide) groups is 1. The Morgan fingerprint density at radius 3 is 2.77 bits per heavy atom. The first-order chi connectivity index (χ1) is 14.1. The molecule has 3 rings (SSSR count). The van der Waals surface area contributed by atoms with Gasteiger partial charge in [0.15, 0.2) is 0 Å². The second kappa shape index (κ2) is 8.95. The van der Waals surface area contributed by atoms with Crippen molar-refractivity contribution in [3.05, 3.63) is 51.9 Å². The molecule has 0 saturated heterocycles. The molecule has 1 N–H and O–H groups in total. The summed E-state index contributed by atoms with van der Waals surface area (Å²) in [5.74, 6) is -0.245. The molecule has 7 heteroatoms. The van der Waals surface area contributed by atoms with E-state index in [0.29, 0.717) is 22.2 Å². The summed E-state index contributed by atoms with van der Waals surface area (Å²) in [6.07, 6.45) is 2.87. The number of hydrogen-bond acceptors (Lipinski definition) is 4. The molecule has 0 spiro atoms. The van der Waals surface area contributed by atoms with Crippen LogP contribution in [0.1, 0.15) is 50.9 Å². The Bertz CT molecular complexity index is 1010. The third-order valence-corrected chi connectivity index (χ3v) is 6.93. The second-order valence-electron chi connectivity index (χ2n) is 8.74. The maximum Gasteiger partial charge on any atom is 0.237 e. The normalized spacial score (nSPS) is 17.0. The number of nitrogens with zero attached hydrogens (tertiary/aromatic N) is 2. The van der Waals surface area contributed by atoms with Gasteiger partial charge in [0.1, 0.15) is 16.9 Å². The Morgan fingerprint density at radius 1 is 1.40 bits per heavy atom. The summed E-state index contributed by atoms with van der Waals surface area (Å²) in [4.78, 5) is 17.3. The molecule has 2 aromatic rings. The number of nitrogens with one attached hydrogen (secondary N) is 1. The van der Waals surface area contributed by atoms with E-state index in [-0.39, 0.29) is 16.3 Å². The van der Waals surface area contributed by atoms with Crippen molar-refractivity contribution in [3.8, 4) is 6.07 Å². The summed E-state index contributed by atoms with van der Waals surface area (Å²) in [6, 6.07) is 8.21. The van der Waals surface area contributed by atoms with Gasteiger partial charge in [0.05, 0.1) is 15.8 Å². The van der Waals surface area contributed by atoms with Crippen molar-refractivity contribution in [2.45, 2.75) is 57.2 Å². The van der Waals surface area contributed by atoms with Gasteiger partial charge in [-0.3, -0.25) is 4.79 Å². The average molecular weight is 446 g/mol. The Kier molecular flexibility index (Phi) is 6.74. The molecule has 1 heterocycles. The topological polar surface area (TPSA) is 65.8 Å². The van der Waals surface area contributed by atoms with E-state index in [2.05, 4.69) is 32.2 Å². The van der Waals surface area contributed by atoms with Crippen LogP contribution in [0.15, 0.2) is 29.3 Å². The zero-order valence-electron chi connectivity index (χ0n) is 17.6. The van der Waals surface area contributed by atoms with Crippen LogP contribution < -0.4 is 5.32 Å². The monoisotopic (exact) mass is 445 g/mol. The fourth-order valence-corrected chi connectivity index (χ4v) is 4.67. The number of hydrogen-bond donors (Lipinski definition) is 1. The number of anilines is 1. The van der Waals surface area contributed by atoms with Crippen LogP contribution in [0.5, 0.6) is 0 Å². The molecule has 0 bridgehead atoms. The van der Waals surface area contributed by atoms with Crippen LogP contribution in [-0.2, 0) is 17.6 Å². The van der Waals surface area contributed by atoms with E-state index < -0.39 is 11.1 Å². The van der Waals surface area contributed by atoms with Crippen LogP contribution in [0.2, 0.25) is 5.02 Å². The van der Waals surface area contributed by atoms with E-state index in [1.54, 1.807) is 6.92 Å². The zero-order chi connectivity index (χ0) is 22.1. The van der Waals surface area contributed by atoms with Gasteiger partial charge in [0.2, 0.25) is 5.91 Å². The van der Waals surface area contributed by atoms with Gasteiger partial charge in [-0.1, -0.05) is 44.1 Å². The highest BCUT2D eigenvalue weighted by atomic mass is 35.5. The van der Waals surface area contributed by atoms with E-state index >= 15 is 0 Å². The van der Waals surface area contributed by atoms with Crippen molar-refractivity contribution in [2.75, 3.05) is 5.32 Å². The SMILES string of the molecule is CC(Sc1nc2c(cc1C#N)CC(C(C)(C)C)CC2)C(=O)Nc1ccc(F)c(Cl)c1.